The third kappa shape index (κ3) is 7.22. The topological polar surface area (TPSA) is 46.6 Å². The first kappa shape index (κ1) is 23.6. The van der Waals surface area contributed by atoms with Crippen molar-refractivity contribution in [2.24, 2.45) is 5.92 Å². The molecule has 0 N–H and O–H groups in total. The predicted octanol–water partition coefficient (Wildman–Crippen LogP) is 6.83. The van der Waals surface area contributed by atoms with Crippen molar-refractivity contribution in [2.45, 2.75) is 102 Å². The van der Waals surface area contributed by atoms with Gasteiger partial charge in [0.15, 0.2) is 0 Å². The molecule has 2 fully saturated rings. The van der Waals surface area contributed by atoms with Crippen LogP contribution in [0, 0.1) is 5.92 Å². The predicted molar refractivity (Wildman–Crippen MR) is 125 cm³/mol. The molecule has 4 nitrogen and oxygen atoms in total. The van der Waals surface area contributed by atoms with Crippen molar-refractivity contribution >= 4 is 11.9 Å². The van der Waals surface area contributed by atoms with Crippen LogP contribution >= 0.6 is 0 Å². The van der Waals surface area contributed by atoms with Gasteiger partial charge in [0.05, 0.1) is 0 Å². The van der Waals surface area contributed by atoms with E-state index < -0.39 is 0 Å². The van der Waals surface area contributed by atoms with Crippen LogP contribution in [0.1, 0.15) is 89.0 Å². The van der Waals surface area contributed by atoms with Gasteiger partial charge in [-0.25, -0.2) is 4.79 Å². The van der Waals surface area contributed by atoms with E-state index in [-0.39, 0.29) is 24.1 Å². The standard InChI is InChI=1S/C27H39NO3/c1-2-3-4-5-6-7-8-9-13-16-26(29)23-19-24-17-18-25(20-23)28(24)27(30)31-21-22-14-11-10-12-15-22/h2,10-12,14-15,23-25H,1,3-9,13,16-21H2. The largest absolute Gasteiger partial charge is 0.445 e. The van der Waals surface area contributed by atoms with Crippen LogP contribution in [0.3, 0.4) is 0 Å². The number of unbranched alkanes of at least 4 members (excludes halogenated alkanes) is 7. The zero-order valence-corrected chi connectivity index (χ0v) is 19.0. The van der Waals surface area contributed by atoms with Gasteiger partial charge >= 0.3 is 6.09 Å². The lowest BCUT2D eigenvalue weighted by atomic mass is 9.85. The van der Waals surface area contributed by atoms with E-state index in [1.807, 2.05) is 41.3 Å². The van der Waals surface area contributed by atoms with Gasteiger partial charge < -0.3 is 9.64 Å². The van der Waals surface area contributed by atoms with E-state index in [1.165, 1.54) is 32.1 Å². The molecule has 2 aliphatic heterocycles. The van der Waals surface area contributed by atoms with Crippen molar-refractivity contribution in [3.05, 3.63) is 48.6 Å². The number of piperidine rings is 1. The second-order valence-corrected chi connectivity index (χ2v) is 9.27. The summed E-state index contributed by atoms with van der Waals surface area (Å²) in [6.07, 6.45) is 15.8. The van der Waals surface area contributed by atoms with Gasteiger partial charge in [-0.05, 0) is 50.5 Å². The number of rotatable bonds is 13. The molecule has 3 rings (SSSR count). The number of fused-ring (bicyclic) bond motifs is 2. The molecular weight excluding hydrogens is 386 g/mol. The molecule has 1 amide bonds. The van der Waals surface area contributed by atoms with Gasteiger partial charge in [0, 0.05) is 24.4 Å². The average Bonchev–Trinajstić information content (AvgIpc) is 3.06. The number of carbonyl (C=O) groups excluding carboxylic acids is 2. The van der Waals surface area contributed by atoms with Crippen molar-refractivity contribution < 1.29 is 14.3 Å². The molecule has 2 unspecified atom stereocenters. The minimum atomic E-state index is -0.213. The number of amides is 1. The molecule has 2 atom stereocenters. The highest BCUT2D eigenvalue weighted by Crippen LogP contribution is 2.40. The van der Waals surface area contributed by atoms with Gasteiger partial charge in [0.1, 0.15) is 12.4 Å². The van der Waals surface area contributed by atoms with Gasteiger partial charge in [-0.2, -0.15) is 0 Å². The summed E-state index contributed by atoms with van der Waals surface area (Å²) in [5.41, 5.74) is 1.00. The van der Waals surface area contributed by atoms with Crippen LogP contribution in [0.2, 0.25) is 0 Å². The first-order valence-electron chi connectivity index (χ1n) is 12.3. The molecule has 2 bridgehead atoms. The Morgan fingerprint density at radius 2 is 1.55 bits per heavy atom. The Bertz CT molecular complexity index is 688. The number of hydrogen-bond acceptors (Lipinski definition) is 3. The van der Waals surface area contributed by atoms with E-state index in [0.29, 0.717) is 18.8 Å². The molecule has 2 aliphatic rings. The summed E-state index contributed by atoms with van der Waals surface area (Å²) in [5, 5.41) is 0. The number of nitrogens with zero attached hydrogens (tertiary/aromatic N) is 1. The Hall–Kier alpha value is -2.10. The van der Waals surface area contributed by atoms with Gasteiger partial charge in [-0.1, -0.05) is 68.5 Å². The van der Waals surface area contributed by atoms with Crippen LogP contribution in [-0.4, -0.2) is 28.9 Å². The summed E-state index contributed by atoms with van der Waals surface area (Å²) >= 11 is 0. The normalized spacial score (nSPS) is 22.3. The molecule has 4 heteroatoms. The molecule has 0 radical (unpaired) electrons. The van der Waals surface area contributed by atoms with Crippen LogP contribution in [-0.2, 0) is 16.1 Å². The maximum atomic E-state index is 12.8. The lowest BCUT2D eigenvalue weighted by Gasteiger charge is -2.37. The van der Waals surface area contributed by atoms with Crippen LogP contribution in [0.15, 0.2) is 43.0 Å². The number of ketones is 1. The quantitative estimate of drug-likeness (QED) is 0.257. The smallest absolute Gasteiger partial charge is 0.410 e. The third-order valence-electron chi connectivity index (χ3n) is 6.94. The Morgan fingerprint density at radius 1 is 0.935 bits per heavy atom. The summed E-state index contributed by atoms with van der Waals surface area (Å²) in [4.78, 5) is 27.4. The fourth-order valence-electron chi connectivity index (χ4n) is 5.21. The number of hydrogen-bond donors (Lipinski definition) is 0. The molecule has 0 aromatic heterocycles. The van der Waals surface area contributed by atoms with E-state index in [2.05, 4.69) is 6.58 Å². The summed E-state index contributed by atoms with van der Waals surface area (Å²) in [7, 11) is 0. The first-order chi connectivity index (χ1) is 15.2. The lowest BCUT2D eigenvalue weighted by Crippen LogP contribution is -2.48. The third-order valence-corrected chi connectivity index (χ3v) is 6.94. The van der Waals surface area contributed by atoms with E-state index in [4.69, 9.17) is 4.74 Å². The summed E-state index contributed by atoms with van der Waals surface area (Å²) in [6, 6.07) is 10.1. The molecule has 31 heavy (non-hydrogen) atoms. The highest BCUT2D eigenvalue weighted by atomic mass is 16.6. The van der Waals surface area contributed by atoms with E-state index in [1.54, 1.807) is 0 Å². The average molecular weight is 426 g/mol. The maximum Gasteiger partial charge on any atom is 0.410 e. The van der Waals surface area contributed by atoms with Crippen LogP contribution < -0.4 is 0 Å². The number of Topliss-reactive ketones (excluding diaryl/α,β-unsaturated/α-hetero) is 1. The molecule has 2 saturated heterocycles. The second kappa shape index (κ2) is 12.7. The fourth-order valence-corrected chi connectivity index (χ4v) is 5.21. The van der Waals surface area contributed by atoms with Crippen molar-refractivity contribution in [2.75, 3.05) is 0 Å². The summed E-state index contributed by atoms with van der Waals surface area (Å²) in [6.45, 7) is 4.07. The van der Waals surface area contributed by atoms with Crippen molar-refractivity contribution in [1.82, 2.24) is 4.90 Å². The molecule has 0 aliphatic carbocycles. The zero-order chi connectivity index (χ0) is 21.9. The summed E-state index contributed by atoms with van der Waals surface area (Å²) < 4.78 is 5.57. The monoisotopic (exact) mass is 425 g/mol. The highest BCUT2D eigenvalue weighted by molar-refractivity contribution is 5.81. The Labute approximate surface area is 188 Å². The number of carbonyl (C=O) groups is 2. The van der Waals surface area contributed by atoms with Gasteiger partial charge in [-0.15, -0.1) is 6.58 Å². The number of ether oxygens (including phenoxy) is 1. The molecule has 2 heterocycles. The van der Waals surface area contributed by atoms with Gasteiger partial charge in [-0.3, -0.25) is 4.79 Å². The van der Waals surface area contributed by atoms with Gasteiger partial charge in [0.25, 0.3) is 0 Å². The highest BCUT2D eigenvalue weighted by Gasteiger charge is 2.45. The molecule has 0 saturated carbocycles. The molecule has 0 spiro atoms. The van der Waals surface area contributed by atoms with E-state index in [0.717, 1.165) is 50.5 Å². The molecule has 170 valence electrons. The van der Waals surface area contributed by atoms with Crippen molar-refractivity contribution in [3.63, 3.8) is 0 Å². The van der Waals surface area contributed by atoms with Crippen molar-refractivity contribution in [3.8, 4) is 0 Å². The first-order valence-corrected chi connectivity index (χ1v) is 12.3. The van der Waals surface area contributed by atoms with Gasteiger partial charge in [0.2, 0.25) is 0 Å². The molecule has 1 aromatic carbocycles. The summed E-state index contributed by atoms with van der Waals surface area (Å²) in [5.74, 6) is 0.551. The van der Waals surface area contributed by atoms with Crippen LogP contribution in [0.4, 0.5) is 4.79 Å². The minimum Gasteiger partial charge on any atom is -0.445 e. The SMILES string of the molecule is C=CCCCCCCCCCC(=O)C1CC2CCC(C1)N2C(=O)OCc1ccccc1. The maximum absolute atomic E-state index is 12.8. The molecular formula is C27H39NO3. The Morgan fingerprint density at radius 3 is 2.19 bits per heavy atom. The van der Waals surface area contributed by atoms with E-state index >= 15 is 0 Å². The number of allylic oxidation sites excluding steroid dienone is 1. The molecule has 1 aromatic rings. The minimum absolute atomic E-state index is 0.134. The second-order valence-electron chi connectivity index (χ2n) is 9.27. The van der Waals surface area contributed by atoms with Crippen molar-refractivity contribution in [1.29, 1.82) is 0 Å². The zero-order valence-electron chi connectivity index (χ0n) is 19.0. The Kier molecular flexibility index (Phi) is 9.64. The van der Waals surface area contributed by atoms with E-state index in [9.17, 15) is 9.59 Å². The van der Waals surface area contributed by atoms with Crippen LogP contribution in [0.5, 0.6) is 0 Å². The number of benzene rings is 1. The fraction of sp³-hybridized carbons (Fsp3) is 0.630. The van der Waals surface area contributed by atoms with Crippen LogP contribution in [0.25, 0.3) is 0 Å². The lowest BCUT2D eigenvalue weighted by molar-refractivity contribution is -0.125. The Balaban J connectivity index is 1.33.